The summed E-state index contributed by atoms with van der Waals surface area (Å²) in [6.07, 6.45) is 1.79. The highest BCUT2D eigenvalue weighted by Gasteiger charge is 2.35. The Labute approximate surface area is 88.5 Å². The Morgan fingerprint density at radius 3 is 2.20 bits per heavy atom. The molecule has 0 unspecified atom stereocenters. The van der Waals surface area contributed by atoms with Crippen molar-refractivity contribution < 1.29 is 8.78 Å². The van der Waals surface area contributed by atoms with Crippen LogP contribution in [0, 0.1) is 17.0 Å². The first-order valence-corrected chi connectivity index (χ1v) is 5.29. The Hall–Kier alpha value is -0.960. The molecule has 0 saturated carbocycles. The van der Waals surface area contributed by atoms with E-state index in [-0.39, 0.29) is 5.41 Å². The minimum absolute atomic E-state index is 0.209. The largest absolute Gasteiger partial charge is 0.316 e. The van der Waals surface area contributed by atoms with Crippen LogP contribution in [-0.4, -0.2) is 13.1 Å². The van der Waals surface area contributed by atoms with E-state index in [1.54, 1.807) is 0 Å². The normalized spacial score (nSPS) is 18.6. The van der Waals surface area contributed by atoms with Gasteiger partial charge in [0.1, 0.15) is 11.6 Å². The molecule has 1 aliphatic rings. The highest BCUT2D eigenvalue weighted by atomic mass is 19.1. The molecule has 0 atom stereocenters. The van der Waals surface area contributed by atoms with Gasteiger partial charge in [0.05, 0.1) is 0 Å². The lowest BCUT2D eigenvalue weighted by Crippen LogP contribution is -2.54. The van der Waals surface area contributed by atoms with Crippen molar-refractivity contribution in [3.8, 4) is 0 Å². The van der Waals surface area contributed by atoms with E-state index in [9.17, 15) is 8.78 Å². The Balaban J connectivity index is 2.16. The first-order valence-electron chi connectivity index (χ1n) is 5.29. The van der Waals surface area contributed by atoms with Crippen molar-refractivity contribution in [2.24, 2.45) is 5.41 Å². The average molecular weight is 211 g/mol. The molecule has 0 bridgehead atoms. The molecule has 2 rings (SSSR count). The van der Waals surface area contributed by atoms with Crippen molar-refractivity contribution >= 4 is 0 Å². The zero-order valence-electron chi connectivity index (χ0n) is 8.82. The van der Waals surface area contributed by atoms with Gasteiger partial charge in [-0.1, -0.05) is 6.92 Å². The summed E-state index contributed by atoms with van der Waals surface area (Å²) in [5, 5.41) is 3.21. The van der Waals surface area contributed by atoms with E-state index < -0.39 is 11.6 Å². The molecule has 0 radical (unpaired) electrons. The second-order valence-corrected chi connectivity index (χ2v) is 4.41. The van der Waals surface area contributed by atoms with E-state index in [4.69, 9.17) is 0 Å². The molecule has 15 heavy (non-hydrogen) atoms. The second kappa shape index (κ2) is 3.89. The maximum absolute atomic E-state index is 13.0. The van der Waals surface area contributed by atoms with Crippen molar-refractivity contribution in [2.75, 3.05) is 13.1 Å². The standard InChI is InChI=1S/C12H15F2N/c1-2-12(7-15-8-12)6-9-3-10(13)5-11(14)4-9/h3-5,15H,2,6-8H2,1H3. The van der Waals surface area contributed by atoms with Gasteiger partial charge in [0.15, 0.2) is 0 Å². The van der Waals surface area contributed by atoms with Crippen LogP contribution in [0.1, 0.15) is 18.9 Å². The molecule has 0 amide bonds. The van der Waals surface area contributed by atoms with Gasteiger partial charge in [-0.05, 0) is 36.0 Å². The summed E-state index contributed by atoms with van der Waals surface area (Å²) in [6, 6.07) is 3.78. The van der Waals surface area contributed by atoms with Gasteiger partial charge in [-0.2, -0.15) is 0 Å². The zero-order valence-corrected chi connectivity index (χ0v) is 8.82. The molecule has 1 fully saturated rings. The second-order valence-electron chi connectivity index (χ2n) is 4.41. The minimum Gasteiger partial charge on any atom is -0.316 e. The van der Waals surface area contributed by atoms with Crippen LogP contribution < -0.4 is 5.32 Å². The minimum atomic E-state index is -0.483. The third kappa shape index (κ3) is 2.17. The van der Waals surface area contributed by atoms with Crippen molar-refractivity contribution in [1.29, 1.82) is 0 Å². The van der Waals surface area contributed by atoms with Gasteiger partial charge in [-0.15, -0.1) is 0 Å². The predicted molar refractivity (Wildman–Crippen MR) is 55.7 cm³/mol. The molecule has 3 heteroatoms. The fraction of sp³-hybridized carbons (Fsp3) is 0.500. The van der Waals surface area contributed by atoms with E-state index >= 15 is 0 Å². The Kier molecular flexibility index (Phi) is 2.74. The summed E-state index contributed by atoms with van der Waals surface area (Å²) in [4.78, 5) is 0. The lowest BCUT2D eigenvalue weighted by atomic mass is 9.74. The Morgan fingerprint density at radius 2 is 1.80 bits per heavy atom. The molecule has 1 saturated heterocycles. The van der Waals surface area contributed by atoms with Crippen LogP contribution in [0.2, 0.25) is 0 Å². The van der Waals surface area contributed by atoms with E-state index in [0.717, 1.165) is 37.6 Å². The SMILES string of the molecule is CCC1(Cc2cc(F)cc(F)c2)CNC1. The van der Waals surface area contributed by atoms with Crippen LogP contribution in [0.3, 0.4) is 0 Å². The van der Waals surface area contributed by atoms with Gasteiger partial charge in [0.2, 0.25) is 0 Å². The number of halogens is 2. The van der Waals surface area contributed by atoms with E-state index in [1.165, 1.54) is 12.1 Å². The summed E-state index contributed by atoms with van der Waals surface area (Å²) in [5.41, 5.74) is 0.969. The molecular weight excluding hydrogens is 196 g/mol. The monoisotopic (exact) mass is 211 g/mol. The summed E-state index contributed by atoms with van der Waals surface area (Å²) in [6.45, 7) is 4.01. The molecular formula is C12H15F2N. The summed E-state index contributed by atoms with van der Waals surface area (Å²) < 4.78 is 25.9. The van der Waals surface area contributed by atoms with Crippen LogP contribution >= 0.6 is 0 Å². The third-order valence-electron chi connectivity index (χ3n) is 3.25. The highest BCUT2D eigenvalue weighted by molar-refractivity contribution is 5.20. The first kappa shape index (κ1) is 10.6. The van der Waals surface area contributed by atoms with Gasteiger partial charge in [0.25, 0.3) is 0 Å². The molecule has 0 aromatic heterocycles. The smallest absolute Gasteiger partial charge is 0.126 e. The van der Waals surface area contributed by atoms with Crippen LogP contribution in [0.4, 0.5) is 8.78 Å². The van der Waals surface area contributed by atoms with Crippen LogP contribution in [0.25, 0.3) is 0 Å². The van der Waals surface area contributed by atoms with Crippen molar-refractivity contribution in [3.05, 3.63) is 35.4 Å². The van der Waals surface area contributed by atoms with Crippen LogP contribution in [0.15, 0.2) is 18.2 Å². The maximum atomic E-state index is 13.0. The molecule has 82 valence electrons. The molecule has 1 N–H and O–H groups in total. The number of hydrogen-bond acceptors (Lipinski definition) is 1. The van der Waals surface area contributed by atoms with Crippen LogP contribution in [0.5, 0.6) is 0 Å². The molecule has 1 aliphatic heterocycles. The molecule has 0 aliphatic carbocycles. The summed E-state index contributed by atoms with van der Waals surface area (Å²) in [7, 11) is 0. The topological polar surface area (TPSA) is 12.0 Å². The lowest BCUT2D eigenvalue weighted by Gasteiger charge is -2.42. The highest BCUT2D eigenvalue weighted by Crippen LogP contribution is 2.31. The van der Waals surface area contributed by atoms with E-state index in [2.05, 4.69) is 12.2 Å². The van der Waals surface area contributed by atoms with Crippen molar-refractivity contribution in [2.45, 2.75) is 19.8 Å². The number of rotatable bonds is 3. The quantitative estimate of drug-likeness (QED) is 0.810. The fourth-order valence-electron chi connectivity index (χ4n) is 2.12. The molecule has 1 nitrogen and oxygen atoms in total. The molecule has 1 aromatic rings. The van der Waals surface area contributed by atoms with Gasteiger partial charge in [-0.25, -0.2) is 8.78 Å². The van der Waals surface area contributed by atoms with Gasteiger partial charge in [0, 0.05) is 19.2 Å². The number of benzene rings is 1. The van der Waals surface area contributed by atoms with E-state index in [1.807, 2.05) is 0 Å². The zero-order chi connectivity index (χ0) is 10.9. The molecule has 1 heterocycles. The first-order chi connectivity index (χ1) is 7.13. The van der Waals surface area contributed by atoms with Gasteiger partial charge < -0.3 is 5.32 Å². The average Bonchev–Trinajstić information content (AvgIpc) is 2.10. The van der Waals surface area contributed by atoms with Gasteiger partial charge in [-0.3, -0.25) is 0 Å². The van der Waals surface area contributed by atoms with Crippen molar-refractivity contribution in [3.63, 3.8) is 0 Å². The fourth-order valence-corrected chi connectivity index (χ4v) is 2.12. The van der Waals surface area contributed by atoms with Crippen molar-refractivity contribution in [1.82, 2.24) is 5.32 Å². The Morgan fingerprint density at radius 1 is 1.20 bits per heavy atom. The number of nitrogens with one attached hydrogen (secondary N) is 1. The van der Waals surface area contributed by atoms with E-state index in [0.29, 0.717) is 0 Å². The number of hydrogen-bond donors (Lipinski definition) is 1. The predicted octanol–water partition coefficient (Wildman–Crippen LogP) is 2.51. The maximum Gasteiger partial charge on any atom is 0.126 e. The van der Waals surface area contributed by atoms with Gasteiger partial charge >= 0.3 is 0 Å². The third-order valence-corrected chi connectivity index (χ3v) is 3.25. The summed E-state index contributed by atoms with van der Waals surface area (Å²) in [5.74, 6) is -0.966. The molecule has 1 aromatic carbocycles. The Bertz CT molecular complexity index is 333. The lowest BCUT2D eigenvalue weighted by molar-refractivity contribution is 0.160. The van der Waals surface area contributed by atoms with Crippen LogP contribution in [-0.2, 0) is 6.42 Å². The molecule has 0 spiro atoms. The summed E-state index contributed by atoms with van der Waals surface area (Å²) >= 11 is 0.